The number of carbonyl (C=O) groups is 2. The molecule has 0 saturated heterocycles. The van der Waals surface area contributed by atoms with E-state index in [-0.39, 0.29) is 23.7 Å². The van der Waals surface area contributed by atoms with Gasteiger partial charge in [-0.05, 0) is 65.6 Å². The average molecular weight is 513 g/mol. The van der Waals surface area contributed by atoms with Crippen LogP contribution in [0.2, 0.25) is 0 Å². The summed E-state index contributed by atoms with van der Waals surface area (Å²) in [7, 11) is 1.84. The van der Waals surface area contributed by atoms with Crippen molar-refractivity contribution in [3.8, 4) is 16.9 Å². The van der Waals surface area contributed by atoms with Crippen LogP contribution in [0.1, 0.15) is 49.8 Å². The molecule has 1 aliphatic rings. The number of hydrogen-bond acceptors (Lipinski definition) is 3. The van der Waals surface area contributed by atoms with E-state index in [4.69, 9.17) is 4.74 Å². The predicted molar refractivity (Wildman–Crippen MR) is 153 cm³/mol. The number of benzene rings is 3. The van der Waals surface area contributed by atoms with Gasteiger partial charge in [0.05, 0.1) is 6.61 Å². The lowest BCUT2D eigenvalue weighted by molar-refractivity contribution is -0.140. The second-order valence-corrected chi connectivity index (χ2v) is 10.9. The highest BCUT2D eigenvalue weighted by atomic mass is 16.5. The number of nitrogens with one attached hydrogen (secondary N) is 1. The molecule has 38 heavy (non-hydrogen) atoms. The van der Waals surface area contributed by atoms with E-state index >= 15 is 0 Å². The molecule has 5 nitrogen and oxygen atoms in total. The van der Waals surface area contributed by atoms with Crippen LogP contribution in [0.4, 0.5) is 0 Å². The largest absolute Gasteiger partial charge is 0.493 e. The molecule has 1 N–H and O–H groups in total. The van der Waals surface area contributed by atoms with Crippen molar-refractivity contribution in [2.24, 2.45) is 17.8 Å². The van der Waals surface area contributed by atoms with Gasteiger partial charge in [-0.2, -0.15) is 0 Å². The summed E-state index contributed by atoms with van der Waals surface area (Å²) >= 11 is 0. The van der Waals surface area contributed by atoms with Crippen LogP contribution in [0.3, 0.4) is 0 Å². The van der Waals surface area contributed by atoms with Gasteiger partial charge in [0.1, 0.15) is 5.75 Å². The van der Waals surface area contributed by atoms with Crippen LogP contribution in [0.25, 0.3) is 11.1 Å². The molecule has 0 spiro atoms. The quantitative estimate of drug-likeness (QED) is 0.343. The van der Waals surface area contributed by atoms with Gasteiger partial charge in [-0.15, -0.1) is 0 Å². The fourth-order valence-electron chi connectivity index (χ4n) is 5.18. The molecule has 4 rings (SSSR count). The van der Waals surface area contributed by atoms with Gasteiger partial charge in [-0.3, -0.25) is 9.59 Å². The lowest BCUT2D eigenvalue weighted by Gasteiger charge is -2.25. The van der Waals surface area contributed by atoms with E-state index in [1.165, 1.54) is 16.7 Å². The van der Waals surface area contributed by atoms with Crippen molar-refractivity contribution < 1.29 is 14.3 Å². The minimum absolute atomic E-state index is 0.0306. The van der Waals surface area contributed by atoms with Crippen LogP contribution in [0.15, 0.2) is 72.8 Å². The minimum atomic E-state index is -0.276. The summed E-state index contributed by atoms with van der Waals surface area (Å²) in [5.41, 5.74) is 5.73. The molecule has 1 fully saturated rings. The molecule has 0 aromatic heterocycles. The van der Waals surface area contributed by atoms with E-state index in [9.17, 15) is 9.59 Å². The third kappa shape index (κ3) is 7.03. The molecular formula is C33H40N2O3. The fraction of sp³-hybridized carbons (Fsp3) is 0.394. The van der Waals surface area contributed by atoms with Crippen molar-refractivity contribution in [3.05, 3.63) is 89.5 Å². The molecule has 200 valence electrons. The molecule has 2 atom stereocenters. The number of carbonyl (C=O) groups excluding carboxylic acids is 2. The van der Waals surface area contributed by atoms with Crippen molar-refractivity contribution in [1.29, 1.82) is 0 Å². The number of aryl methyl sites for hydroxylation is 1. The molecule has 5 heteroatoms. The number of rotatable bonds is 10. The Morgan fingerprint density at radius 1 is 0.921 bits per heavy atom. The summed E-state index contributed by atoms with van der Waals surface area (Å²) in [6.07, 6.45) is 2.41. The maximum absolute atomic E-state index is 13.4. The Hall–Kier alpha value is -3.60. The number of amides is 2. The van der Waals surface area contributed by atoms with Crippen molar-refractivity contribution >= 4 is 11.8 Å². The van der Waals surface area contributed by atoms with Gasteiger partial charge in [-0.25, -0.2) is 0 Å². The summed E-state index contributed by atoms with van der Waals surface area (Å²) in [4.78, 5) is 28.2. The number of ether oxygens (including phenoxy) is 1. The van der Waals surface area contributed by atoms with E-state index in [1.54, 1.807) is 4.90 Å². The molecule has 1 saturated carbocycles. The molecule has 0 heterocycles. The van der Waals surface area contributed by atoms with Gasteiger partial charge >= 0.3 is 0 Å². The van der Waals surface area contributed by atoms with Crippen LogP contribution >= 0.6 is 0 Å². The maximum Gasteiger partial charge on any atom is 0.226 e. The van der Waals surface area contributed by atoms with Gasteiger partial charge in [0, 0.05) is 32.0 Å². The fourth-order valence-corrected chi connectivity index (χ4v) is 5.18. The molecule has 0 aliphatic heterocycles. The van der Waals surface area contributed by atoms with Crippen LogP contribution < -0.4 is 10.1 Å². The monoisotopic (exact) mass is 512 g/mol. The zero-order valence-corrected chi connectivity index (χ0v) is 23.1. The van der Waals surface area contributed by atoms with E-state index < -0.39 is 0 Å². The average Bonchev–Trinajstić information content (AvgIpc) is 3.41. The zero-order chi connectivity index (χ0) is 27.1. The highest BCUT2D eigenvalue weighted by Crippen LogP contribution is 2.34. The first-order valence-electron chi connectivity index (χ1n) is 13.7. The van der Waals surface area contributed by atoms with E-state index in [2.05, 4.69) is 68.6 Å². The van der Waals surface area contributed by atoms with E-state index in [0.717, 1.165) is 36.1 Å². The lowest BCUT2D eigenvalue weighted by Crippen LogP contribution is -2.40. The minimum Gasteiger partial charge on any atom is -0.493 e. The Balaban J connectivity index is 1.30. The SMILES string of the molecule is Cc1ccccc1-c1ccc(CN(C)C(=O)C2CCCC2C(=O)NCc2ccc(OCC(C)C)cc2)cc1. The van der Waals surface area contributed by atoms with E-state index in [1.807, 2.05) is 37.4 Å². The summed E-state index contributed by atoms with van der Waals surface area (Å²) in [6, 6.07) is 24.6. The van der Waals surface area contributed by atoms with Gasteiger partial charge in [0.25, 0.3) is 0 Å². The second kappa shape index (κ2) is 12.8. The molecule has 1 aliphatic carbocycles. The normalized spacial score (nSPS) is 16.9. The third-order valence-electron chi connectivity index (χ3n) is 7.35. The zero-order valence-electron chi connectivity index (χ0n) is 23.1. The highest BCUT2D eigenvalue weighted by molar-refractivity contribution is 5.88. The Kier molecular flexibility index (Phi) is 9.22. The number of nitrogens with zero attached hydrogens (tertiary/aromatic N) is 1. The third-order valence-corrected chi connectivity index (χ3v) is 7.35. The summed E-state index contributed by atoms with van der Waals surface area (Å²) in [5, 5.41) is 3.06. The van der Waals surface area contributed by atoms with Crippen molar-refractivity contribution in [1.82, 2.24) is 10.2 Å². The first kappa shape index (κ1) is 27.4. The van der Waals surface area contributed by atoms with Crippen LogP contribution in [0, 0.1) is 24.7 Å². The van der Waals surface area contributed by atoms with Crippen LogP contribution in [-0.4, -0.2) is 30.4 Å². The molecule has 2 unspecified atom stereocenters. The number of hydrogen-bond donors (Lipinski definition) is 1. The Morgan fingerprint density at radius 2 is 1.58 bits per heavy atom. The molecule has 0 radical (unpaired) electrons. The van der Waals surface area contributed by atoms with Gasteiger partial charge in [-0.1, -0.05) is 80.9 Å². The smallest absolute Gasteiger partial charge is 0.226 e. The first-order chi connectivity index (χ1) is 18.3. The Labute approximate surface area is 227 Å². The topological polar surface area (TPSA) is 58.6 Å². The van der Waals surface area contributed by atoms with Gasteiger partial charge < -0.3 is 15.0 Å². The Bertz CT molecular complexity index is 1220. The summed E-state index contributed by atoms with van der Waals surface area (Å²) < 4.78 is 5.74. The van der Waals surface area contributed by atoms with Crippen LogP contribution in [0.5, 0.6) is 5.75 Å². The molecule has 0 bridgehead atoms. The van der Waals surface area contributed by atoms with Gasteiger partial charge in [0.15, 0.2) is 0 Å². The Morgan fingerprint density at radius 3 is 2.26 bits per heavy atom. The highest BCUT2D eigenvalue weighted by Gasteiger charge is 2.38. The lowest BCUT2D eigenvalue weighted by atomic mass is 9.93. The molecule has 3 aromatic rings. The first-order valence-corrected chi connectivity index (χ1v) is 13.7. The molecule has 2 amide bonds. The van der Waals surface area contributed by atoms with Crippen molar-refractivity contribution in [2.45, 2.75) is 53.1 Å². The van der Waals surface area contributed by atoms with Crippen molar-refractivity contribution in [2.75, 3.05) is 13.7 Å². The van der Waals surface area contributed by atoms with Crippen LogP contribution in [-0.2, 0) is 22.7 Å². The summed E-state index contributed by atoms with van der Waals surface area (Å²) in [5.74, 6) is 0.789. The molecular weight excluding hydrogens is 472 g/mol. The predicted octanol–water partition coefficient (Wildman–Crippen LogP) is 6.39. The maximum atomic E-state index is 13.4. The summed E-state index contributed by atoms with van der Waals surface area (Å²) in [6.45, 7) is 8.01. The van der Waals surface area contributed by atoms with Crippen molar-refractivity contribution in [3.63, 3.8) is 0 Å². The molecule has 3 aromatic carbocycles. The van der Waals surface area contributed by atoms with E-state index in [0.29, 0.717) is 25.6 Å². The standard InChI is InChI=1S/C33H40N2O3/c1-23(2)22-38-28-18-14-25(15-19-28)20-34-32(36)30-10-7-11-31(30)33(37)35(4)21-26-12-16-27(17-13-26)29-9-6-5-8-24(29)3/h5-6,8-9,12-19,23,30-31H,7,10-11,20-22H2,1-4H3,(H,34,36). The second-order valence-electron chi connectivity index (χ2n) is 10.9. The van der Waals surface area contributed by atoms with Gasteiger partial charge in [0.2, 0.25) is 11.8 Å².